The van der Waals surface area contributed by atoms with Crippen LogP contribution < -0.4 is 11.5 Å². The number of thiol groups is 1. The van der Waals surface area contributed by atoms with Gasteiger partial charge in [-0.25, -0.2) is 0 Å². The summed E-state index contributed by atoms with van der Waals surface area (Å²) >= 11 is 5.81. The molecule has 0 aromatic carbocycles. The molecule has 20 heavy (non-hydrogen) atoms. The summed E-state index contributed by atoms with van der Waals surface area (Å²) in [7, 11) is 0. The summed E-state index contributed by atoms with van der Waals surface area (Å²) in [6.45, 7) is 2.61. The van der Waals surface area contributed by atoms with Crippen LogP contribution in [0, 0.1) is 0 Å². The van der Waals surface area contributed by atoms with E-state index in [9.17, 15) is 0 Å². The first-order valence-electron chi connectivity index (χ1n) is 6.32. The van der Waals surface area contributed by atoms with E-state index in [2.05, 4.69) is 27.6 Å². The van der Waals surface area contributed by atoms with Gasteiger partial charge in [-0.2, -0.15) is 39.3 Å². The Bertz CT molecular complexity index is 364. The van der Waals surface area contributed by atoms with Crippen molar-refractivity contribution in [2.75, 3.05) is 55.2 Å². The maximum absolute atomic E-state index is 5.49. The molecule has 7 nitrogen and oxygen atoms in total. The first kappa shape index (κ1) is 17.3. The Kier molecular flexibility index (Phi) is 9.46. The standard InChI is InChI=1S/C11H21N5O2S2/c12-10-14-9(15-11(13)16-10)1-7-20-8-5-18-3-2-17-4-6-19/h19H,1-8H2,(H4,12,13,14,15,16). The van der Waals surface area contributed by atoms with Crippen LogP contribution in [0.15, 0.2) is 0 Å². The summed E-state index contributed by atoms with van der Waals surface area (Å²) in [5.41, 5.74) is 11.0. The maximum Gasteiger partial charge on any atom is 0.225 e. The Morgan fingerprint density at radius 2 is 1.55 bits per heavy atom. The van der Waals surface area contributed by atoms with Crippen molar-refractivity contribution in [3.8, 4) is 0 Å². The summed E-state index contributed by atoms with van der Waals surface area (Å²) in [6, 6.07) is 0. The molecule has 0 amide bonds. The third-order valence-corrected chi connectivity index (χ3v) is 3.30. The summed E-state index contributed by atoms with van der Waals surface area (Å²) in [5.74, 6) is 3.51. The fourth-order valence-electron chi connectivity index (χ4n) is 1.34. The SMILES string of the molecule is Nc1nc(N)nc(CCSCCOCCOCCS)n1. The predicted molar refractivity (Wildman–Crippen MR) is 85.2 cm³/mol. The molecule has 0 radical (unpaired) electrons. The molecule has 0 aliphatic rings. The van der Waals surface area contributed by atoms with Crippen molar-refractivity contribution >= 4 is 36.3 Å². The van der Waals surface area contributed by atoms with Gasteiger partial charge >= 0.3 is 0 Å². The Morgan fingerprint density at radius 3 is 2.20 bits per heavy atom. The van der Waals surface area contributed by atoms with Crippen molar-refractivity contribution in [2.45, 2.75) is 6.42 Å². The van der Waals surface area contributed by atoms with E-state index in [0.717, 1.165) is 17.3 Å². The van der Waals surface area contributed by atoms with Gasteiger partial charge in [0.1, 0.15) is 5.82 Å². The zero-order valence-electron chi connectivity index (χ0n) is 11.3. The van der Waals surface area contributed by atoms with Crippen LogP contribution in [0.4, 0.5) is 11.9 Å². The van der Waals surface area contributed by atoms with E-state index in [1.54, 1.807) is 11.8 Å². The summed E-state index contributed by atoms with van der Waals surface area (Å²) in [6.07, 6.45) is 0.715. The molecule has 1 heterocycles. The number of nitrogens with two attached hydrogens (primary N) is 2. The number of ether oxygens (including phenoxy) is 2. The second-order valence-electron chi connectivity index (χ2n) is 3.78. The van der Waals surface area contributed by atoms with Gasteiger partial charge in [0.15, 0.2) is 0 Å². The molecule has 0 aliphatic heterocycles. The Labute approximate surface area is 128 Å². The number of thioether (sulfide) groups is 1. The predicted octanol–water partition coefficient (Wildman–Crippen LogP) is 0.275. The number of nitrogen functional groups attached to an aromatic ring is 2. The van der Waals surface area contributed by atoms with Crippen LogP contribution in [0.2, 0.25) is 0 Å². The summed E-state index contributed by atoms with van der Waals surface area (Å²) in [5, 5.41) is 0. The van der Waals surface area contributed by atoms with Gasteiger partial charge in [-0.15, -0.1) is 0 Å². The fourth-order valence-corrected chi connectivity index (χ4v) is 2.23. The van der Waals surface area contributed by atoms with Crippen LogP contribution >= 0.6 is 24.4 Å². The number of aromatic nitrogens is 3. The molecule has 0 bridgehead atoms. The summed E-state index contributed by atoms with van der Waals surface area (Å²) in [4.78, 5) is 11.8. The van der Waals surface area contributed by atoms with Crippen molar-refractivity contribution in [3.63, 3.8) is 0 Å². The van der Waals surface area contributed by atoms with Crippen LogP contribution in [-0.4, -0.2) is 58.6 Å². The topological polar surface area (TPSA) is 109 Å². The number of rotatable bonds is 11. The van der Waals surface area contributed by atoms with E-state index in [1.165, 1.54) is 0 Å². The van der Waals surface area contributed by atoms with Gasteiger partial charge in [0.2, 0.25) is 11.9 Å². The number of hydrogen-bond acceptors (Lipinski definition) is 9. The van der Waals surface area contributed by atoms with Crippen LogP contribution in [-0.2, 0) is 15.9 Å². The minimum absolute atomic E-state index is 0.169. The zero-order chi connectivity index (χ0) is 14.6. The second kappa shape index (κ2) is 11.0. The largest absolute Gasteiger partial charge is 0.378 e. The Balaban J connectivity index is 1.97. The van der Waals surface area contributed by atoms with Crippen LogP contribution in [0.5, 0.6) is 0 Å². The average molecular weight is 319 g/mol. The first-order chi connectivity index (χ1) is 9.72. The quantitative estimate of drug-likeness (QED) is 0.394. The molecular formula is C11H21N5O2S2. The van der Waals surface area contributed by atoms with Gasteiger partial charge in [-0.3, -0.25) is 0 Å². The molecule has 114 valence electrons. The lowest BCUT2D eigenvalue weighted by atomic mass is 10.4. The molecule has 0 fully saturated rings. The van der Waals surface area contributed by atoms with Crippen LogP contribution in [0.3, 0.4) is 0 Å². The summed E-state index contributed by atoms with van der Waals surface area (Å²) < 4.78 is 10.7. The lowest BCUT2D eigenvalue weighted by Crippen LogP contribution is -2.09. The third kappa shape index (κ3) is 8.41. The lowest BCUT2D eigenvalue weighted by molar-refractivity contribution is 0.0606. The van der Waals surface area contributed by atoms with E-state index < -0.39 is 0 Å². The molecular weight excluding hydrogens is 298 g/mol. The van der Waals surface area contributed by atoms with E-state index in [-0.39, 0.29) is 11.9 Å². The second-order valence-corrected chi connectivity index (χ2v) is 5.45. The van der Waals surface area contributed by atoms with E-state index in [1.807, 2.05) is 0 Å². The van der Waals surface area contributed by atoms with Crippen molar-refractivity contribution in [1.82, 2.24) is 15.0 Å². The van der Waals surface area contributed by atoms with Gasteiger partial charge < -0.3 is 20.9 Å². The minimum atomic E-state index is 0.169. The Morgan fingerprint density at radius 1 is 0.900 bits per heavy atom. The molecule has 1 rings (SSSR count). The third-order valence-electron chi connectivity index (χ3n) is 2.17. The molecule has 0 saturated carbocycles. The van der Waals surface area contributed by atoms with E-state index in [4.69, 9.17) is 20.9 Å². The monoisotopic (exact) mass is 319 g/mol. The number of hydrogen-bond donors (Lipinski definition) is 3. The lowest BCUT2D eigenvalue weighted by Gasteiger charge is -2.05. The number of anilines is 2. The van der Waals surface area contributed by atoms with Crippen molar-refractivity contribution in [3.05, 3.63) is 5.82 Å². The molecule has 0 atom stereocenters. The average Bonchev–Trinajstić information content (AvgIpc) is 2.40. The molecule has 1 aromatic heterocycles. The number of aryl methyl sites for hydroxylation is 1. The van der Waals surface area contributed by atoms with Gasteiger partial charge in [0, 0.05) is 23.7 Å². The van der Waals surface area contributed by atoms with Crippen molar-refractivity contribution < 1.29 is 9.47 Å². The molecule has 1 aromatic rings. The molecule has 0 saturated heterocycles. The van der Waals surface area contributed by atoms with Gasteiger partial charge in [0.25, 0.3) is 0 Å². The minimum Gasteiger partial charge on any atom is -0.378 e. The molecule has 0 spiro atoms. The highest BCUT2D eigenvalue weighted by Gasteiger charge is 2.01. The fraction of sp³-hybridized carbons (Fsp3) is 0.727. The highest BCUT2D eigenvalue weighted by molar-refractivity contribution is 7.99. The molecule has 9 heteroatoms. The highest BCUT2D eigenvalue weighted by atomic mass is 32.2. The van der Waals surface area contributed by atoms with Crippen LogP contribution in [0.25, 0.3) is 0 Å². The molecule has 0 unspecified atom stereocenters. The van der Waals surface area contributed by atoms with Crippen molar-refractivity contribution in [1.29, 1.82) is 0 Å². The van der Waals surface area contributed by atoms with E-state index in [0.29, 0.717) is 38.7 Å². The van der Waals surface area contributed by atoms with E-state index >= 15 is 0 Å². The zero-order valence-corrected chi connectivity index (χ0v) is 13.0. The molecule has 0 aliphatic carbocycles. The highest BCUT2D eigenvalue weighted by Crippen LogP contribution is 2.05. The van der Waals surface area contributed by atoms with Crippen LogP contribution in [0.1, 0.15) is 5.82 Å². The van der Waals surface area contributed by atoms with Gasteiger partial charge in [-0.05, 0) is 0 Å². The van der Waals surface area contributed by atoms with Crippen molar-refractivity contribution in [2.24, 2.45) is 0 Å². The smallest absolute Gasteiger partial charge is 0.225 e. The van der Waals surface area contributed by atoms with Gasteiger partial charge in [-0.1, -0.05) is 0 Å². The molecule has 4 N–H and O–H groups in total. The Hall–Kier alpha value is -0.770. The maximum atomic E-state index is 5.49. The normalized spacial score (nSPS) is 10.8. The van der Waals surface area contributed by atoms with Gasteiger partial charge in [0.05, 0.1) is 26.4 Å². The number of nitrogens with zero attached hydrogens (tertiary/aromatic N) is 3. The first-order valence-corrected chi connectivity index (χ1v) is 8.11.